The number of nitrogens with zero attached hydrogens (tertiary/aromatic N) is 1. The van der Waals surface area contributed by atoms with Crippen LogP contribution in [0.15, 0.2) is 16.6 Å². The van der Waals surface area contributed by atoms with Crippen LogP contribution in [0.2, 0.25) is 0 Å². The molecule has 1 saturated heterocycles. The molecule has 1 saturated carbocycles. The van der Waals surface area contributed by atoms with Crippen molar-refractivity contribution in [1.82, 2.24) is 4.90 Å². The van der Waals surface area contributed by atoms with Crippen molar-refractivity contribution in [3.8, 4) is 11.5 Å². The van der Waals surface area contributed by atoms with Crippen LogP contribution >= 0.6 is 15.9 Å². The molecule has 4 rings (SSSR count). The van der Waals surface area contributed by atoms with E-state index >= 15 is 0 Å². The van der Waals surface area contributed by atoms with Gasteiger partial charge in [0.2, 0.25) is 6.79 Å². The quantitative estimate of drug-likeness (QED) is 0.869. The fraction of sp³-hybridized carbons (Fsp3) is 0.588. The van der Waals surface area contributed by atoms with Gasteiger partial charge >= 0.3 is 5.97 Å². The molecule has 6 heteroatoms. The second-order valence-electron chi connectivity index (χ2n) is 6.67. The molecule has 3 atom stereocenters. The lowest BCUT2D eigenvalue weighted by molar-refractivity contribution is -0.142. The van der Waals surface area contributed by atoms with Gasteiger partial charge < -0.3 is 14.6 Å². The van der Waals surface area contributed by atoms with Crippen LogP contribution in [-0.4, -0.2) is 34.9 Å². The molecule has 2 heterocycles. The molecule has 1 aliphatic carbocycles. The molecule has 2 aliphatic heterocycles. The lowest BCUT2D eigenvalue weighted by Crippen LogP contribution is -2.41. The number of ether oxygens (including phenoxy) is 2. The predicted molar refractivity (Wildman–Crippen MR) is 87.6 cm³/mol. The Morgan fingerprint density at radius 1 is 1.26 bits per heavy atom. The van der Waals surface area contributed by atoms with E-state index in [0.717, 1.165) is 40.8 Å². The summed E-state index contributed by atoms with van der Waals surface area (Å²) in [6, 6.07) is 3.91. The average molecular weight is 382 g/mol. The van der Waals surface area contributed by atoms with Crippen LogP contribution < -0.4 is 9.47 Å². The average Bonchev–Trinajstić information content (AvgIpc) is 3.12. The van der Waals surface area contributed by atoms with Crippen molar-refractivity contribution in [2.24, 2.45) is 5.92 Å². The van der Waals surface area contributed by atoms with Crippen LogP contribution in [0.4, 0.5) is 0 Å². The Balaban J connectivity index is 1.62. The molecule has 5 nitrogen and oxygen atoms in total. The zero-order valence-electron chi connectivity index (χ0n) is 12.8. The number of hydrogen-bond acceptors (Lipinski definition) is 4. The summed E-state index contributed by atoms with van der Waals surface area (Å²) in [6.07, 6.45) is 5.48. The third-order valence-corrected chi connectivity index (χ3v) is 6.14. The SMILES string of the molecule is O=C(O)C1CC2CCCCC2N1Cc1cc2c(cc1Br)OCO2. The Morgan fingerprint density at radius 3 is 2.78 bits per heavy atom. The van der Waals surface area contributed by atoms with E-state index < -0.39 is 5.97 Å². The maximum atomic E-state index is 11.7. The van der Waals surface area contributed by atoms with Gasteiger partial charge in [-0.05, 0) is 42.9 Å². The molecule has 124 valence electrons. The van der Waals surface area contributed by atoms with E-state index in [-0.39, 0.29) is 12.8 Å². The van der Waals surface area contributed by atoms with Gasteiger partial charge in [0, 0.05) is 17.1 Å². The number of halogens is 1. The molecular formula is C17H20BrNO4. The summed E-state index contributed by atoms with van der Waals surface area (Å²) in [5.74, 6) is 1.32. The standard InChI is InChI=1S/C17H20BrNO4/c18-12-7-16-15(22-9-23-16)6-11(12)8-19-13-4-2-1-3-10(13)5-14(19)17(20)21/h6-7,10,13-14H,1-5,8-9H2,(H,20,21). The van der Waals surface area contributed by atoms with Crippen LogP contribution in [0.25, 0.3) is 0 Å². The first kappa shape index (κ1) is 15.3. The van der Waals surface area contributed by atoms with E-state index in [4.69, 9.17) is 9.47 Å². The number of fused-ring (bicyclic) bond motifs is 2. The third-order valence-electron chi connectivity index (χ3n) is 5.40. The molecule has 23 heavy (non-hydrogen) atoms. The van der Waals surface area contributed by atoms with E-state index in [2.05, 4.69) is 20.8 Å². The minimum Gasteiger partial charge on any atom is -0.480 e. The minimum atomic E-state index is -0.698. The van der Waals surface area contributed by atoms with Gasteiger partial charge in [-0.2, -0.15) is 0 Å². The Labute approximate surface area is 143 Å². The molecular weight excluding hydrogens is 362 g/mol. The molecule has 0 spiro atoms. The molecule has 2 fully saturated rings. The lowest BCUT2D eigenvalue weighted by atomic mass is 9.84. The van der Waals surface area contributed by atoms with Crippen molar-refractivity contribution < 1.29 is 19.4 Å². The maximum absolute atomic E-state index is 11.7. The number of carbonyl (C=O) groups is 1. The van der Waals surface area contributed by atoms with Crippen LogP contribution in [0, 0.1) is 5.92 Å². The largest absolute Gasteiger partial charge is 0.480 e. The molecule has 1 aromatic rings. The van der Waals surface area contributed by atoms with Gasteiger partial charge in [-0.25, -0.2) is 0 Å². The summed E-state index contributed by atoms with van der Waals surface area (Å²) in [5.41, 5.74) is 1.06. The van der Waals surface area contributed by atoms with Gasteiger partial charge in [-0.15, -0.1) is 0 Å². The summed E-state index contributed by atoms with van der Waals surface area (Å²) in [4.78, 5) is 13.9. The smallest absolute Gasteiger partial charge is 0.320 e. The van der Waals surface area contributed by atoms with Gasteiger partial charge in [0.05, 0.1) is 0 Å². The second-order valence-corrected chi connectivity index (χ2v) is 7.53. The van der Waals surface area contributed by atoms with E-state index in [1.54, 1.807) is 0 Å². The fourth-order valence-corrected chi connectivity index (χ4v) is 4.75. The van der Waals surface area contributed by atoms with Gasteiger partial charge in [-0.3, -0.25) is 9.69 Å². The lowest BCUT2D eigenvalue weighted by Gasteiger charge is -2.33. The van der Waals surface area contributed by atoms with Crippen molar-refractivity contribution in [3.05, 3.63) is 22.2 Å². The highest BCUT2D eigenvalue weighted by Crippen LogP contribution is 2.43. The van der Waals surface area contributed by atoms with Crippen LogP contribution in [0.3, 0.4) is 0 Å². The van der Waals surface area contributed by atoms with Crippen LogP contribution in [-0.2, 0) is 11.3 Å². The highest BCUT2D eigenvalue weighted by Gasteiger charge is 2.45. The maximum Gasteiger partial charge on any atom is 0.320 e. The molecule has 0 radical (unpaired) electrons. The van der Waals surface area contributed by atoms with Crippen LogP contribution in [0.1, 0.15) is 37.7 Å². The van der Waals surface area contributed by atoms with Crippen molar-refractivity contribution in [3.63, 3.8) is 0 Å². The molecule has 0 bridgehead atoms. The summed E-state index contributed by atoms with van der Waals surface area (Å²) >= 11 is 3.59. The Morgan fingerprint density at radius 2 is 2.00 bits per heavy atom. The third kappa shape index (κ3) is 2.72. The molecule has 0 amide bonds. The number of carboxylic acid groups (broad SMARTS) is 1. The van der Waals surface area contributed by atoms with E-state index in [1.165, 1.54) is 12.8 Å². The highest BCUT2D eigenvalue weighted by atomic mass is 79.9. The van der Waals surface area contributed by atoms with Gasteiger partial charge in [0.25, 0.3) is 0 Å². The monoisotopic (exact) mass is 381 g/mol. The van der Waals surface area contributed by atoms with Crippen molar-refractivity contribution >= 4 is 21.9 Å². The fourth-order valence-electron chi connectivity index (χ4n) is 4.30. The number of benzene rings is 1. The van der Waals surface area contributed by atoms with E-state index in [0.29, 0.717) is 18.5 Å². The van der Waals surface area contributed by atoms with E-state index in [1.807, 2.05) is 12.1 Å². The molecule has 3 aliphatic rings. The van der Waals surface area contributed by atoms with Gasteiger partial charge in [-0.1, -0.05) is 28.8 Å². The number of rotatable bonds is 3. The first-order chi connectivity index (χ1) is 11.1. The number of carboxylic acids is 1. The summed E-state index contributed by atoms with van der Waals surface area (Å²) in [6.45, 7) is 0.882. The predicted octanol–water partition coefficient (Wildman–Crippen LogP) is 3.40. The van der Waals surface area contributed by atoms with Gasteiger partial charge in [0.15, 0.2) is 11.5 Å². The van der Waals surface area contributed by atoms with E-state index in [9.17, 15) is 9.90 Å². The Bertz CT molecular complexity index is 635. The molecule has 3 unspecified atom stereocenters. The number of aliphatic carboxylic acids is 1. The summed E-state index contributed by atoms with van der Waals surface area (Å²) in [5, 5.41) is 9.63. The van der Waals surface area contributed by atoms with Crippen molar-refractivity contribution in [2.75, 3.05) is 6.79 Å². The van der Waals surface area contributed by atoms with Crippen molar-refractivity contribution in [1.29, 1.82) is 0 Å². The Kier molecular flexibility index (Phi) is 3.97. The van der Waals surface area contributed by atoms with Crippen molar-refractivity contribution in [2.45, 2.75) is 50.7 Å². The zero-order chi connectivity index (χ0) is 16.0. The van der Waals surface area contributed by atoms with Crippen LogP contribution in [0.5, 0.6) is 11.5 Å². The summed E-state index contributed by atoms with van der Waals surface area (Å²) in [7, 11) is 0. The number of hydrogen-bond donors (Lipinski definition) is 1. The second kappa shape index (κ2) is 5.98. The minimum absolute atomic E-state index is 0.247. The zero-order valence-corrected chi connectivity index (χ0v) is 14.4. The first-order valence-corrected chi connectivity index (χ1v) is 8.99. The molecule has 1 N–H and O–H groups in total. The molecule has 1 aromatic carbocycles. The first-order valence-electron chi connectivity index (χ1n) is 8.20. The highest BCUT2D eigenvalue weighted by molar-refractivity contribution is 9.10. The number of likely N-dealkylation sites (tertiary alicyclic amines) is 1. The summed E-state index contributed by atoms with van der Waals surface area (Å²) < 4.78 is 11.8. The normalized spacial score (nSPS) is 29.5. The Hall–Kier alpha value is -1.27. The van der Waals surface area contributed by atoms with Gasteiger partial charge in [0.1, 0.15) is 6.04 Å². The molecule has 0 aromatic heterocycles. The topological polar surface area (TPSA) is 59.0 Å².